The summed E-state index contributed by atoms with van der Waals surface area (Å²) in [6, 6.07) is 5.26. The first-order chi connectivity index (χ1) is 8.22. The molecular weight excluding hydrogens is 222 g/mol. The average Bonchev–Trinajstić information content (AvgIpc) is 2.38. The van der Waals surface area contributed by atoms with Crippen LogP contribution in [0, 0.1) is 0 Å². The van der Waals surface area contributed by atoms with Crippen molar-refractivity contribution in [3.05, 3.63) is 23.8 Å². The second kappa shape index (κ2) is 6.75. The van der Waals surface area contributed by atoms with Crippen LogP contribution in [-0.2, 0) is 0 Å². The number of benzene rings is 1. The fourth-order valence-corrected chi connectivity index (χ4v) is 1.35. The third kappa shape index (κ3) is 3.64. The van der Waals surface area contributed by atoms with Gasteiger partial charge in [0.05, 0.1) is 19.4 Å². The molecule has 5 nitrogen and oxygen atoms in total. The van der Waals surface area contributed by atoms with Crippen molar-refractivity contribution < 1.29 is 19.8 Å². The summed E-state index contributed by atoms with van der Waals surface area (Å²) < 4.78 is 10.6. The predicted octanol–water partition coefficient (Wildman–Crippen LogP) is 1.65. The topological polar surface area (TPSA) is 71.3 Å². The van der Waals surface area contributed by atoms with Gasteiger partial charge >= 0.3 is 0 Å². The zero-order valence-electron chi connectivity index (χ0n) is 10.0. The van der Waals surface area contributed by atoms with Crippen molar-refractivity contribution in [1.82, 2.24) is 0 Å². The lowest BCUT2D eigenvalue weighted by Gasteiger charge is -2.11. The lowest BCUT2D eigenvalue weighted by Crippen LogP contribution is -2.05. The Bertz CT molecular complexity index is 390. The Morgan fingerprint density at radius 1 is 1.41 bits per heavy atom. The SMILES string of the molecule is COc1ccc(/C(C)=N/O)c(OCCCO)c1. The molecule has 0 heterocycles. The van der Waals surface area contributed by atoms with Crippen LogP contribution in [0.5, 0.6) is 11.5 Å². The van der Waals surface area contributed by atoms with Gasteiger partial charge in [0, 0.05) is 24.7 Å². The summed E-state index contributed by atoms with van der Waals surface area (Å²) in [6.07, 6.45) is 0.548. The molecule has 1 aromatic carbocycles. The number of oxime groups is 1. The number of hydrogen-bond acceptors (Lipinski definition) is 5. The Kier molecular flexibility index (Phi) is 5.29. The van der Waals surface area contributed by atoms with Gasteiger partial charge in [0.1, 0.15) is 11.5 Å². The molecule has 5 heteroatoms. The van der Waals surface area contributed by atoms with E-state index in [0.29, 0.717) is 35.8 Å². The van der Waals surface area contributed by atoms with Crippen molar-refractivity contribution in [2.45, 2.75) is 13.3 Å². The summed E-state index contributed by atoms with van der Waals surface area (Å²) in [5.74, 6) is 1.24. The highest BCUT2D eigenvalue weighted by atomic mass is 16.5. The Hall–Kier alpha value is -1.75. The molecule has 0 aromatic heterocycles. The van der Waals surface area contributed by atoms with Crippen molar-refractivity contribution in [2.24, 2.45) is 5.16 Å². The van der Waals surface area contributed by atoms with Gasteiger partial charge < -0.3 is 19.8 Å². The molecule has 1 aromatic rings. The van der Waals surface area contributed by atoms with Crippen LogP contribution in [-0.4, -0.2) is 36.3 Å². The lowest BCUT2D eigenvalue weighted by atomic mass is 10.1. The molecule has 0 bridgehead atoms. The summed E-state index contributed by atoms with van der Waals surface area (Å²) in [7, 11) is 1.57. The molecular formula is C12H17NO4. The van der Waals surface area contributed by atoms with Gasteiger partial charge in [-0.15, -0.1) is 0 Å². The number of nitrogens with zero attached hydrogens (tertiary/aromatic N) is 1. The van der Waals surface area contributed by atoms with E-state index in [4.69, 9.17) is 19.8 Å². The smallest absolute Gasteiger partial charge is 0.132 e. The molecule has 0 spiro atoms. The minimum absolute atomic E-state index is 0.0758. The number of ether oxygens (including phenoxy) is 2. The number of aliphatic hydroxyl groups excluding tert-OH is 1. The molecule has 0 atom stereocenters. The third-order valence-electron chi connectivity index (χ3n) is 2.29. The molecule has 0 saturated heterocycles. The summed E-state index contributed by atoms with van der Waals surface area (Å²) in [5, 5.41) is 20.6. The monoisotopic (exact) mass is 239 g/mol. The zero-order valence-corrected chi connectivity index (χ0v) is 10.0. The first-order valence-electron chi connectivity index (χ1n) is 5.33. The standard InChI is InChI=1S/C12H17NO4/c1-9(13-15)11-5-4-10(16-2)8-12(11)17-7-3-6-14/h4-5,8,14-15H,3,6-7H2,1-2H3/b13-9+. The van der Waals surface area contributed by atoms with Crippen LogP contribution in [0.25, 0.3) is 0 Å². The maximum Gasteiger partial charge on any atom is 0.132 e. The first kappa shape index (κ1) is 13.3. The van der Waals surface area contributed by atoms with Gasteiger partial charge in [0.2, 0.25) is 0 Å². The van der Waals surface area contributed by atoms with Gasteiger partial charge in [-0.05, 0) is 19.1 Å². The highest BCUT2D eigenvalue weighted by Gasteiger charge is 2.09. The van der Waals surface area contributed by atoms with E-state index in [2.05, 4.69) is 5.16 Å². The third-order valence-corrected chi connectivity index (χ3v) is 2.29. The average molecular weight is 239 g/mol. The predicted molar refractivity (Wildman–Crippen MR) is 64.2 cm³/mol. The Balaban J connectivity index is 2.95. The van der Waals surface area contributed by atoms with E-state index in [1.54, 1.807) is 32.2 Å². The summed E-state index contributed by atoms with van der Waals surface area (Å²) in [5.41, 5.74) is 1.16. The summed E-state index contributed by atoms with van der Waals surface area (Å²) in [6.45, 7) is 2.16. The zero-order chi connectivity index (χ0) is 12.7. The largest absolute Gasteiger partial charge is 0.497 e. The Labute approximate surface area is 100 Å². The Morgan fingerprint density at radius 3 is 2.76 bits per heavy atom. The van der Waals surface area contributed by atoms with E-state index >= 15 is 0 Å². The molecule has 0 unspecified atom stereocenters. The van der Waals surface area contributed by atoms with Crippen molar-refractivity contribution >= 4 is 5.71 Å². The second-order valence-corrected chi connectivity index (χ2v) is 3.47. The van der Waals surface area contributed by atoms with Crippen LogP contribution in [0.2, 0.25) is 0 Å². The highest BCUT2D eigenvalue weighted by Crippen LogP contribution is 2.25. The number of rotatable bonds is 6. The van der Waals surface area contributed by atoms with Crippen LogP contribution in [0.1, 0.15) is 18.9 Å². The minimum atomic E-state index is 0.0758. The van der Waals surface area contributed by atoms with E-state index < -0.39 is 0 Å². The van der Waals surface area contributed by atoms with Gasteiger partial charge in [-0.3, -0.25) is 0 Å². The van der Waals surface area contributed by atoms with Crippen LogP contribution in [0.3, 0.4) is 0 Å². The molecule has 0 amide bonds. The molecule has 2 N–H and O–H groups in total. The van der Waals surface area contributed by atoms with Gasteiger partial charge in [-0.1, -0.05) is 5.16 Å². The van der Waals surface area contributed by atoms with Crippen LogP contribution < -0.4 is 9.47 Å². The van der Waals surface area contributed by atoms with Crippen LogP contribution in [0.15, 0.2) is 23.4 Å². The van der Waals surface area contributed by atoms with E-state index in [1.807, 2.05) is 0 Å². The van der Waals surface area contributed by atoms with E-state index in [-0.39, 0.29) is 6.61 Å². The first-order valence-corrected chi connectivity index (χ1v) is 5.33. The van der Waals surface area contributed by atoms with Gasteiger partial charge in [0.25, 0.3) is 0 Å². The number of hydrogen-bond donors (Lipinski definition) is 2. The van der Waals surface area contributed by atoms with Crippen molar-refractivity contribution in [3.63, 3.8) is 0 Å². The quantitative estimate of drug-likeness (QED) is 0.343. The van der Waals surface area contributed by atoms with Crippen molar-refractivity contribution in [3.8, 4) is 11.5 Å². The maximum atomic E-state index is 8.77. The molecule has 0 saturated carbocycles. The fraction of sp³-hybridized carbons (Fsp3) is 0.417. The molecule has 0 fully saturated rings. The summed E-state index contributed by atoms with van der Waals surface area (Å²) in [4.78, 5) is 0. The van der Waals surface area contributed by atoms with Gasteiger partial charge in [-0.2, -0.15) is 0 Å². The fourth-order valence-electron chi connectivity index (χ4n) is 1.35. The molecule has 0 radical (unpaired) electrons. The van der Waals surface area contributed by atoms with E-state index in [1.165, 1.54) is 0 Å². The molecule has 0 aliphatic carbocycles. The minimum Gasteiger partial charge on any atom is -0.497 e. The molecule has 1 rings (SSSR count). The van der Waals surface area contributed by atoms with Gasteiger partial charge in [-0.25, -0.2) is 0 Å². The van der Waals surface area contributed by atoms with Crippen LogP contribution in [0.4, 0.5) is 0 Å². The van der Waals surface area contributed by atoms with Crippen LogP contribution >= 0.6 is 0 Å². The lowest BCUT2D eigenvalue weighted by molar-refractivity contribution is 0.233. The van der Waals surface area contributed by atoms with Crippen molar-refractivity contribution in [1.29, 1.82) is 0 Å². The summed E-state index contributed by atoms with van der Waals surface area (Å²) >= 11 is 0. The van der Waals surface area contributed by atoms with E-state index in [9.17, 15) is 0 Å². The normalized spacial score (nSPS) is 11.4. The number of aliphatic hydroxyl groups is 1. The molecule has 0 aliphatic rings. The molecule has 17 heavy (non-hydrogen) atoms. The molecule has 0 aliphatic heterocycles. The highest BCUT2D eigenvalue weighted by molar-refractivity contribution is 6.00. The van der Waals surface area contributed by atoms with Gasteiger partial charge in [0.15, 0.2) is 0 Å². The second-order valence-electron chi connectivity index (χ2n) is 3.47. The maximum absolute atomic E-state index is 8.77. The number of methoxy groups -OCH3 is 1. The molecule has 94 valence electrons. The Morgan fingerprint density at radius 2 is 2.18 bits per heavy atom. The van der Waals surface area contributed by atoms with Crippen molar-refractivity contribution in [2.75, 3.05) is 20.3 Å². The van der Waals surface area contributed by atoms with E-state index in [0.717, 1.165) is 0 Å².